The number of likely N-dealkylation sites (N-methyl/N-ethyl adjacent to an activating group) is 1. The van der Waals surface area contributed by atoms with Gasteiger partial charge < -0.3 is 9.80 Å². The van der Waals surface area contributed by atoms with Crippen molar-refractivity contribution in [2.24, 2.45) is 5.92 Å². The van der Waals surface area contributed by atoms with E-state index in [1.165, 1.54) is 10.7 Å². The molecule has 2 atom stereocenters. The van der Waals surface area contributed by atoms with E-state index in [1.54, 1.807) is 6.07 Å². The summed E-state index contributed by atoms with van der Waals surface area (Å²) in [6.45, 7) is 6.23. The summed E-state index contributed by atoms with van der Waals surface area (Å²) >= 11 is 0. The first-order valence-corrected chi connectivity index (χ1v) is 7.98. The van der Waals surface area contributed by atoms with Gasteiger partial charge in [0, 0.05) is 31.7 Å². The van der Waals surface area contributed by atoms with Gasteiger partial charge in [-0.2, -0.15) is 5.10 Å². The molecule has 0 saturated carbocycles. The molecule has 0 aliphatic carbocycles. The first-order chi connectivity index (χ1) is 10.4. The van der Waals surface area contributed by atoms with Crippen LogP contribution in [0.5, 0.6) is 0 Å². The number of nitrogens with zero attached hydrogens (tertiary/aromatic N) is 4. The fraction of sp³-hybridized carbons (Fsp3) is 0.688. The van der Waals surface area contributed by atoms with Crippen LogP contribution >= 0.6 is 0 Å². The van der Waals surface area contributed by atoms with Crippen LogP contribution < -0.4 is 5.56 Å². The van der Waals surface area contributed by atoms with Gasteiger partial charge in [-0.05, 0) is 32.5 Å². The minimum atomic E-state index is -0.147. The zero-order valence-electron chi connectivity index (χ0n) is 14.0. The minimum Gasteiger partial charge on any atom is -0.335 e. The van der Waals surface area contributed by atoms with Gasteiger partial charge in [0.1, 0.15) is 5.69 Å². The molecule has 0 radical (unpaired) electrons. The molecule has 6 nitrogen and oxygen atoms in total. The van der Waals surface area contributed by atoms with Crippen molar-refractivity contribution >= 4 is 5.91 Å². The second-order valence-corrected chi connectivity index (χ2v) is 6.35. The van der Waals surface area contributed by atoms with E-state index in [2.05, 4.69) is 23.8 Å². The predicted octanol–water partition coefficient (Wildman–Crippen LogP) is 1.07. The SMILES string of the molecule is CCCCn1nc(C(=O)N2C[C@@H](C)[C@H](N(C)C)C2)ccc1=O. The highest BCUT2D eigenvalue weighted by Crippen LogP contribution is 2.21. The van der Waals surface area contributed by atoms with E-state index in [9.17, 15) is 9.59 Å². The molecule has 1 fully saturated rings. The Morgan fingerprint density at radius 1 is 1.36 bits per heavy atom. The lowest BCUT2D eigenvalue weighted by atomic mass is 10.1. The van der Waals surface area contributed by atoms with Gasteiger partial charge in [-0.3, -0.25) is 9.59 Å². The van der Waals surface area contributed by atoms with Crippen LogP contribution in [0.15, 0.2) is 16.9 Å². The van der Waals surface area contributed by atoms with Crippen LogP contribution in [0.3, 0.4) is 0 Å². The molecular weight excluding hydrogens is 280 g/mol. The second kappa shape index (κ2) is 7.05. The summed E-state index contributed by atoms with van der Waals surface area (Å²) in [5, 5.41) is 4.25. The van der Waals surface area contributed by atoms with Gasteiger partial charge >= 0.3 is 0 Å². The van der Waals surface area contributed by atoms with Gasteiger partial charge in [0.05, 0.1) is 0 Å². The average molecular weight is 306 g/mol. The Morgan fingerprint density at radius 3 is 2.68 bits per heavy atom. The highest BCUT2D eigenvalue weighted by atomic mass is 16.2. The van der Waals surface area contributed by atoms with E-state index in [-0.39, 0.29) is 11.5 Å². The topological polar surface area (TPSA) is 58.4 Å². The molecule has 0 bridgehead atoms. The highest BCUT2D eigenvalue weighted by molar-refractivity contribution is 5.92. The first-order valence-electron chi connectivity index (χ1n) is 7.98. The van der Waals surface area contributed by atoms with Crippen molar-refractivity contribution in [2.75, 3.05) is 27.2 Å². The molecule has 0 aromatic carbocycles. The summed E-state index contributed by atoms with van der Waals surface area (Å²) in [7, 11) is 4.08. The maximum absolute atomic E-state index is 12.6. The Balaban J connectivity index is 2.15. The fourth-order valence-corrected chi connectivity index (χ4v) is 2.98. The van der Waals surface area contributed by atoms with Crippen molar-refractivity contribution in [1.82, 2.24) is 19.6 Å². The van der Waals surface area contributed by atoms with Crippen LogP contribution in [-0.4, -0.2) is 58.7 Å². The van der Waals surface area contributed by atoms with Gasteiger partial charge in [-0.25, -0.2) is 4.68 Å². The first kappa shape index (κ1) is 16.7. The summed E-state index contributed by atoms with van der Waals surface area (Å²) in [5.41, 5.74) is 0.216. The molecule has 1 aromatic rings. The molecule has 2 rings (SSSR count). The number of unbranched alkanes of at least 4 members (excludes halogenated alkanes) is 1. The van der Waals surface area contributed by atoms with Gasteiger partial charge in [0.15, 0.2) is 0 Å². The largest absolute Gasteiger partial charge is 0.335 e. The number of carbonyl (C=O) groups excluding carboxylic acids is 1. The molecule has 2 heterocycles. The van der Waals surface area contributed by atoms with E-state index in [0.717, 1.165) is 19.4 Å². The lowest BCUT2D eigenvalue weighted by molar-refractivity contribution is 0.0772. The third kappa shape index (κ3) is 3.55. The average Bonchev–Trinajstić information content (AvgIpc) is 2.88. The number of aryl methyl sites for hydroxylation is 1. The zero-order valence-corrected chi connectivity index (χ0v) is 14.0. The number of aromatic nitrogens is 2. The van der Waals surface area contributed by atoms with Crippen molar-refractivity contribution in [3.63, 3.8) is 0 Å². The van der Waals surface area contributed by atoms with E-state index >= 15 is 0 Å². The van der Waals surface area contributed by atoms with Crippen LogP contribution in [0.4, 0.5) is 0 Å². The number of hydrogen-bond acceptors (Lipinski definition) is 4. The molecular formula is C16H26N4O2. The number of hydrogen-bond donors (Lipinski definition) is 0. The Morgan fingerprint density at radius 2 is 2.09 bits per heavy atom. The Labute approximate surface area is 131 Å². The monoisotopic (exact) mass is 306 g/mol. The number of rotatable bonds is 5. The lowest BCUT2D eigenvalue weighted by Crippen LogP contribution is -2.36. The summed E-state index contributed by atoms with van der Waals surface area (Å²) in [5.74, 6) is 0.353. The van der Waals surface area contributed by atoms with Gasteiger partial charge in [0.2, 0.25) is 0 Å². The quantitative estimate of drug-likeness (QED) is 0.816. The standard InChI is InChI=1S/C16H26N4O2/c1-5-6-9-20-15(21)8-7-13(17-20)16(22)19-10-12(2)14(11-19)18(3)4/h7-8,12,14H,5-6,9-11H2,1-4H3/t12-,14-/m1/s1. The molecule has 122 valence electrons. The van der Waals surface area contributed by atoms with Crippen molar-refractivity contribution in [3.8, 4) is 0 Å². The van der Waals surface area contributed by atoms with Crippen LogP contribution in [0, 0.1) is 5.92 Å². The van der Waals surface area contributed by atoms with E-state index < -0.39 is 0 Å². The molecule has 1 aliphatic rings. The molecule has 1 aromatic heterocycles. The second-order valence-electron chi connectivity index (χ2n) is 6.35. The molecule has 6 heteroatoms. The smallest absolute Gasteiger partial charge is 0.274 e. The molecule has 1 amide bonds. The number of carbonyl (C=O) groups is 1. The molecule has 1 saturated heterocycles. The van der Waals surface area contributed by atoms with Crippen LogP contribution in [0.2, 0.25) is 0 Å². The van der Waals surface area contributed by atoms with Crippen LogP contribution in [0.25, 0.3) is 0 Å². The van der Waals surface area contributed by atoms with E-state index in [1.807, 2.05) is 19.0 Å². The molecule has 1 aliphatic heterocycles. The fourth-order valence-electron chi connectivity index (χ4n) is 2.98. The predicted molar refractivity (Wildman–Crippen MR) is 85.9 cm³/mol. The van der Waals surface area contributed by atoms with Crippen molar-refractivity contribution in [2.45, 2.75) is 39.3 Å². The summed E-state index contributed by atoms with van der Waals surface area (Å²) in [6, 6.07) is 3.36. The van der Waals surface area contributed by atoms with Crippen LogP contribution in [-0.2, 0) is 6.54 Å². The number of amides is 1. The van der Waals surface area contributed by atoms with Gasteiger partial charge in [-0.15, -0.1) is 0 Å². The summed E-state index contributed by atoms with van der Waals surface area (Å²) in [6.07, 6.45) is 1.87. The Hall–Kier alpha value is -1.69. The Kier molecular flexibility index (Phi) is 5.34. The maximum Gasteiger partial charge on any atom is 0.274 e. The van der Waals surface area contributed by atoms with Crippen molar-refractivity contribution < 1.29 is 4.79 Å². The molecule has 0 spiro atoms. The summed E-state index contributed by atoms with van der Waals surface area (Å²) < 4.78 is 1.40. The van der Waals surface area contributed by atoms with E-state index in [4.69, 9.17) is 0 Å². The summed E-state index contributed by atoms with van der Waals surface area (Å²) in [4.78, 5) is 28.4. The maximum atomic E-state index is 12.6. The molecule has 0 unspecified atom stereocenters. The third-order valence-electron chi connectivity index (χ3n) is 4.33. The lowest BCUT2D eigenvalue weighted by Gasteiger charge is -2.22. The molecule has 22 heavy (non-hydrogen) atoms. The van der Waals surface area contributed by atoms with Gasteiger partial charge in [0.25, 0.3) is 11.5 Å². The van der Waals surface area contributed by atoms with Crippen molar-refractivity contribution in [3.05, 3.63) is 28.2 Å². The van der Waals surface area contributed by atoms with Crippen molar-refractivity contribution in [1.29, 1.82) is 0 Å². The van der Waals surface area contributed by atoms with Crippen LogP contribution in [0.1, 0.15) is 37.2 Å². The van der Waals surface area contributed by atoms with E-state index in [0.29, 0.717) is 30.7 Å². The van der Waals surface area contributed by atoms with Gasteiger partial charge in [-0.1, -0.05) is 20.3 Å². The minimum absolute atomic E-state index is 0.0820. The third-order valence-corrected chi connectivity index (χ3v) is 4.33. The number of likely N-dealkylation sites (tertiary alicyclic amines) is 1. The Bertz CT molecular complexity index is 582. The zero-order chi connectivity index (χ0) is 16.3. The molecule has 0 N–H and O–H groups in total. The highest BCUT2D eigenvalue weighted by Gasteiger charge is 2.34. The normalized spacial score (nSPS) is 21.6.